The molecule has 0 spiro atoms. The van der Waals surface area contributed by atoms with E-state index < -0.39 is 0 Å². The Morgan fingerprint density at radius 1 is 1.47 bits per heavy atom. The molecule has 1 aromatic carbocycles. The van der Waals surface area contributed by atoms with Crippen molar-refractivity contribution in [2.75, 3.05) is 6.61 Å². The van der Waals surface area contributed by atoms with Crippen LogP contribution in [-0.2, 0) is 0 Å². The monoisotopic (exact) mass is 343 g/mol. The van der Waals surface area contributed by atoms with Crippen LogP contribution in [0.15, 0.2) is 35.6 Å². The van der Waals surface area contributed by atoms with Crippen molar-refractivity contribution in [1.82, 2.24) is 4.98 Å². The number of nitrogens with two attached hydrogens (primary N) is 1. The molecule has 0 bridgehead atoms. The zero-order chi connectivity index (χ0) is 12.3. The number of benzene rings is 1. The Labute approximate surface area is 111 Å². The summed E-state index contributed by atoms with van der Waals surface area (Å²) in [6.45, 7) is 0.0305. The van der Waals surface area contributed by atoms with E-state index in [0.717, 1.165) is 14.5 Å². The van der Waals surface area contributed by atoms with Gasteiger partial charge in [-0.1, -0.05) is 11.2 Å². The summed E-state index contributed by atoms with van der Waals surface area (Å²) in [4.78, 5) is 4.27. The van der Waals surface area contributed by atoms with Crippen LogP contribution in [0.3, 0.4) is 0 Å². The molecule has 3 N–H and O–H groups in total. The lowest BCUT2D eigenvalue weighted by Crippen LogP contribution is -2.20. The highest BCUT2D eigenvalue weighted by Crippen LogP contribution is 2.27. The summed E-state index contributed by atoms with van der Waals surface area (Å²) in [7, 11) is 0. The van der Waals surface area contributed by atoms with E-state index in [4.69, 9.17) is 15.7 Å². The SMILES string of the molecule is NC(COc1ccc(I)c2cccnc12)=NO. The maximum Gasteiger partial charge on any atom is 0.177 e. The van der Waals surface area contributed by atoms with E-state index in [1.165, 1.54) is 0 Å². The molecule has 2 rings (SSSR count). The molecule has 0 aliphatic carbocycles. The summed E-state index contributed by atoms with van der Waals surface area (Å²) in [5.41, 5.74) is 6.12. The third-order valence-electron chi connectivity index (χ3n) is 2.18. The number of halogens is 1. The number of hydrogen-bond donors (Lipinski definition) is 2. The fourth-order valence-corrected chi connectivity index (χ4v) is 2.02. The number of aromatic nitrogens is 1. The minimum atomic E-state index is 0.0210. The predicted octanol–water partition coefficient (Wildman–Crippen LogP) is 1.96. The third-order valence-corrected chi connectivity index (χ3v) is 3.12. The second-order valence-electron chi connectivity index (χ2n) is 3.33. The minimum absolute atomic E-state index is 0.0210. The van der Waals surface area contributed by atoms with Crippen LogP contribution in [0, 0.1) is 3.57 Å². The number of hydrogen-bond acceptors (Lipinski definition) is 4. The molecule has 0 atom stereocenters. The summed E-state index contributed by atoms with van der Waals surface area (Å²) in [6.07, 6.45) is 1.70. The fourth-order valence-electron chi connectivity index (χ4n) is 1.41. The topological polar surface area (TPSA) is 80.7 Å². The van der Waals surface area contributed by atoms with Gasteiger partial charge in [0.25, 0.3) is 0 Å². The second kappa shape index (κ2) is 5.17. The van der Waals surface area contributed by atoms with Crippen LogP contribution in [0.4, 0.5) is 0 Å². The number of nitrogens with zero attached hydrogens (tertiary/aromatic N) is 2. The predicted molar refractivity (Wildman–Crippen MR) is 73.4 cm³/mol. The number of ether oxygens (including phenoxy) is 1. The van der Waals surface area contributed by atoms with E-state index in [9.17, 15) is 0 Å². The minimum Gasteiger partial charge on any atom is -0.483 e. The van der Waals surface area contributed by atoms with E-state index >= 15 is 0 Å². The second-order valence-corrected chi connectivity index (χ2v) is 4.49. The number of amidine groups is 1. The first kappa shape index (κ1) is 11.9. The Morgan fingerprint density at radius 3 is 3.06 bits per heavy atom. The average Bonchev–Trinajstić information content (AvgIpc) is 2.38. The van der Waals surface area contributed by atoms with Crippen LogP contribution in [0.25, 0.3) is 10.9 Å². The standard InChI is InChI=1S/C11H10IN3O2/c12-8-3-4-9(17-6-10(13)15-16)11-7(8)2-1-5-14-11/h1-5,16H,6H2,(H2,13,15). The van der Waals surface area contributed by atoms with Gasteiger partial charge in [-0.25, -0.2) is 0 Å². The maximum atomic E-state index is 8.44. The van der Waals surface area contributed by atoms with Gasteiger partial charge in [-0.2, -0.15) is 0 Å². The highest BCUT2D eigenvalue weighted by atomic mass is 127. The van der Waals surface area contributed by atoms with Gasteiger partial charge < -0.3 is 15.7 Å². The van der Waals surface area contributed by atoms with Crippen molar-refractivity contribution in [3.63, 3.8) is 0 Å². The van der Waals surface area contributed by atoms with Gasteiger partial charge in [0.05, 0.1) is 0 Å². The lowest BCUT2D eigenvalue weighted by Gasteiger charge is -2.08. The lowest BCUT2D eigenvalue weighted by atomic mass is 10.2. The molecule has 17 heavy (non-hydrogen) atoms. The molecule has 0 saturated heterocycles. The van der Waals surface area contributed by atoms with Crippen molar-refractivity contribution in [2.45, 2.75) is 0 Å². The Balaban J connectivity index is 2.38. The van der Waals surface area contributed by atoms with Crippen LogP contribution >= 0.6 is 22.6 Å². The highest BCUT2D eigenvalue weighted by molar-refractivity contribution is 14.1. The van der Waals surface area contributed by atoms with E-state index in [2.05, 4.69) is 32.7 Å². The molecule has 0 aliphatic heterocycles. The van der Waals surface area contributed by atoms with E-state index in [1.807, 2.05) is 24.3 Å². The average molecular weight is 343 g/mol. The molecule has 5 nitrogen and oxygen atoms in total. The van der Waals surface area contributed by atoms with Crippen molar-refractivity contribution < 1.29 is 9.94 Å². The number of oxime groups is 1. The lowest BCUT2D eigenvalue weighted by molar-refractivity contribution is 0.307. The van der Waals surface area contributed by atoms with Gasteiger partial charge in [-0.3, -0.25) is 4.98 Å². The summed E-state index contributed by atoms with van der Waals surface area (Å²) >= 11 is 2.24. The van der Waals surface area contributed by atoms with E-state index in [1.54, 1.807) is 6.20 Å². The molecule has 88 valence electrons. The molecule has 0 radical (unpaired) electrons. The van der Waals surface area contributed by atoms with Crippen molar-refractivity contribution >= 4 is 39.3 Å². The van der Waals surface area contributed by atoms with Crippen molar-refractivity contribution in [3.05, 3.63) is 34.0 Å². The van der Waals surface area contributed by atoms with Gasteiger partial charge in [0.2, 0.25) is 0 Å². The third kappa shape index (κ3) is 2.57. The molecule has 1 heterocycles. The molecule has 2 aromatic rings. The maximum absolute atomic E-state index is 8.44. The summed E-state index contributed by atoms with van der Waals surface area (Å²) in [6, 6.07) is 7.60. The largest absolute Gasteiger partial charge is 0.483 e. The highest BCUT2D eigenvalue weighted by Gasteiger charge is 2.06. The molecule has 0 amide bonds. The molecule has 0 unspecified atom stereocenters. The van der Waals surface area contributed by atoms with Crippen LogP contribution in [-0.4, -0.2) is 22.6 Å². The first-order chi connectivity index (χ1) is 8.22. The van der Waals surface area contributed by atoms with Gasteiger partial charge in [0, 0.05) is 15.2 Å². The van der Waals surface area contributed by atoms with E-state index in [0.29, 0.717) is 5.75 Å². The molecular formula is C11H10IN3O2. The number of fused-ring (bicyclic) bond motifs is 1. The van der Waals surface area contributed by atoms with Crippen molar-refractivity contribution in [1.29, 1.82) is 0 Å². The molecule has 0 saturated carbocycles. The van der Waals surface area contributed by atoms with Crippen LogP contribution < -0.4 is 10.5 Å². The zero-order valence-corrected chi connectivity index (χ0v) is 11.0. The summed E-state index contributed by atoms with van der Waals surface area (Å²) < 4.78 is 6.54. The Hall–Kier alpha value is -1.57. The smallest absolute Gasteiger partial charge is 0.177 e. The molecular weight excluding hydrogens is 333 g/mol. The number of rotatable bonds is 3. The first-order valence-corrected chi connectivity index (χ1v) is 5.92. The van der Waals surface area contributed by atoms with Crippen molar-refractivity contribution in [3.8, 4) is 5.75 Å². The van der Waals surface area contributed by atoms with Crippen LogP contribution in [0.5, 0.6) is 5.75 Å². The molecule has 6 heteroatoms. The number of pyridine rings is 1. The Morgan fingerprint density at radius 2 is 2.29 bits per heavy atom. The zero-order valence-electron chi connectivity index (χ0n) is 8.80. The van der Waals surface area contributed by atoms with Gasteiger partial charge in [-0.15, -0.1) is 0 Å². The van der Waals surface area contributed by atoms with Gasteiger partial charge in [0.15, 0.2) is 5.84 Å². The van der Waals surface area contributed by atoms with Gasteiger partial charge >= 0.3 is 0 Å². The fraction of sp³-hybridized carbons (Fsp3) is 0.0909. The summed E-state index contributed by atoms with van der Waals surface area (Å²) in [5.74, 6) is 0.639. The molecule has 1 aromatic heterocycles. The van der Waals surface area contributed by atoms with Crippen LogP contribution in [0.1, 0.15) is 0 Å². The van der Waals surface area contributed by atoms with Crippen molar-refractivity contribution in [2.24, 2.45) is 10.9 Å². The Bertz CT molecular complexity index is 572. The Kier molecular flexibility index (Phi) is 3.62. The normalized spacial score (nSPS) is 11.7. The first-order valence-electron chi connectivity index (χ1n) is 4.85. The summed E-state index contributed by atoms with van der Waals surface area (Å²) in [5, 5.41) is 12.3. The van der Waals surface area contributed by atoms with Crippen LogP contribution in [0.2, 0.25) is 0 Å². The van der Waals surface area contributed by atoms with Gasteiger partial charge in [-0.05, 0) is 40.8 Å². The van der Waals surface area contributed by atoms with E-state index in [-0.39, 0.29) is 12.4 Å². The quantitative estimate of drug-likeness (QED) is 0.294. The van der Waals surface area contributed by atoms with Gasteiger partial charge in [0.1, 0.15) is 17.9 Å². The molecule has 0 aliphatic rings. The molecule has 0 fully saturated rings.